The highest BCUT2D eigenvalue weighted by molar-refractivity contribution is 7.17. The van der Waals surface area contributed by atoms with Gasteiger partial charge in [0.25, 0.3) is 0 Å². The van der Waals surface area contributed by atoms with E-state index in [0.717, 1.165) is 21.4 Å². The maximum absolute atomic E-state index is 4.79. The molecule has 8 rings (SSSR count). The minimum atomic E-state index is 0.892. The van der Waals surface area contributed by atoms with E-state index in [1.807, 2.05) is 30.6 Å². The molecule has 0 aliphatic carbocycles. The first-order valence-corrected chi connectivity index (χ1v) is 13.1. The van der Waals surface area contributed by atoms with Crippen molar-refractivity contribution in [1.29, 1.82) is 0 Å². The molecule has 0 atom stereocenters. The van der Waals surface area contributed by atoms with E-state index < -0.39 is 0 Å². The number of hydrogen-bond donors (Lipinski definition) is 0. The zero-order chi connectivity index (χ0) is 24.3. The lowest BCUT2D eigenvalue weighted by Gasteiger charge is -2.11. The summed E-state index contributed by atoms with van der Waals surface area (Å²) in [4.78, 5) is 9.32. The highest BCUT2D eigenvalue weighted by Gasteiger charge is 2.21. The van der Waals surface area contributed by atoms with Crippen molar-refractivity contribution in [2.45, 2.75) is 0 Å². The van der Waals surface area contributed by atoms with Crippen LogP contribution in [-0.4, -0.2) is 19.1 Å². The summed E-state index contributed by atoms with van der Waals surface area (Å²) in [6.07, 6.45) is 3.80. The second kappa shape index (κ2) is 7.88. The molecule has 4 heterocycles. The Morgan fingerprint density at radius 3 is 1.84 bits per heavy atom. The van der Waals surface area contributed by atoms with Crippen molar-refractivity contribution in [2.75, 3.05) is 0 Å². The van der Waals surface area contributed by atoms with Crippen LogP contribution < -0.4 is 0 Å². The number of benzene rings is 4. The Bertz CT molecular complexity index is 2080. The molecule has 0 aliphatic rings. The number of fused-ring (bicyclic) bond motifs is 7. The molecule has 4 aromatic carbocycles. The number of rotatable bonds is 3. The molecule has 0 radical (unpaired) electrons. The standard InChI is InChI=1S/C32H20N4S/c1-2-10-21(11-3-1)35-27-15-6-4-12-22(27)24-17-18-25-23-13-5-7-16-28(23)36(31(25)30(24)35)29-20-34-32(37-29)26-14-8-9-19-33-26/h1-20H. The summed E-state index contributed by atoms with van der Waals surface area (Å²) in [6.45, 7) is 0. The van der Waals surface area contributed by atoms with E-state index in [1.165, 1.54) is 43.6 Å². The van der Waals surface area contributed by atoms with Crippen LogP contribution in [0.1, 0.15) is 0 Å². The first kappa shape index (κ1) is 20.5. The van der Waals surface area contributed by atoms with Crippen LogP contribution in [0.25, 0.3) is 65.0 Å². The van der Waals surface area contributed by atoms with Crippen LogP contribution in [0.15, 0.2) is 122 Å². The molecule has 0 fully saturated rings. The molecular weight excluding hydrogens is 472 g/mol. The van der Waals surface area contributed by atoms with E-state index in [4.69, 9.17) is 4.98 Å². The van der Waals surface area contributed by atoms with Gasteiger partial charge in [-0.3, -0.25) is 9.55 Å². The van der Waals surface area contributed by atoms with Crippen molar-refractivity contribution in [2.24, 2.45) is 0 Å². The number of thiazole rings is 1. The van der Waals surface area contributed by atoms with E-state index in [2.05, 4.69) is 105 Å². The van der Waals surface area contributed by atoms with Gasteiger partial charge in [0, 0.05) is 33.4 Å². The lowest BCUT2D eigenvalue weighted by molar-refractivity contribution is 1.16. The maximum atomic E-state index is 4.79. The Hall–Kier alpha value is -4.74. The summed E-state index contributed by atoms with van der Waals surface area (Å²) >= 11 is 1.67. The fraction of sp³-hybridized carbons (Fsp3) is 0. The van der Waals surface area contributed by atoms with E-state index in [-0.39, 0.29) is 0 Å². The lowest BCUT2D eigenvalue weighted by Crippen LogP contribution is -1.97. The van der Waals surface area contributed by atoms with Crippen LogP contribution in [0.4, 0.5) is 0 Å². The van der Waals surface area contributed by atoms with E-state index in [0.29, 0.717) is 0 Å². The van der Waals surface area contributed by atoms with Gasteiger partial charge in [-0.1, -0.05) is 84.1 Å². The number of aromatic nitrogens is 4. The van der Waals surface area contributed by atoms with Gasteiger partial charge in [-0.25, -0.2) is 4.98 Å². The van der Waals surface area contributed by atoms with Crippen LogP contribution >= 0.6 is 11.3 Å². The summed E-state index contributed by atoms with van der Waals surface area (Å²) < 4.78 is 4.79. The highest BCUT2D eigenvalue weighted by Crippen LogP contribution is 2.42. The molecule has 4 nitrogen and oxygen atoms in total. The average molecular weight is 493 g/mol. The summed E-state index contributed by atoms with van der Waals surface area (Å²) in [7, 11) is 0. The highest BCUT2D eigenvalue weighted by atomic mass is 32.1. The third kappa shape index (κ3) is 2.95. The first-order valence-electron chi connectivity index (χ1n) is 12.3. The Labute approximate surface area is 216 Å². The first-order chi connectivity index (χ1) is 18.4. The molecule has 0 spiro atoms. The van der Waals surface area contributed by atoms with Crippen LogP contribution in [0, 0.1) is 0 Å². The predicted molar refractivity (Wildman–Crippen MR) is 154 cm³/mol. The van der Waals surface area contributed by atoms with Gasteiger partial charge in [-0.2, -0.15) is 0 Å². The Morgan fingerprint density at radius 1 is 0.514 bits per heavy atom. The monoisotopic (exact) mass is 492 g/mol. The van der Waals surface area contributed by atoms with Crippen molar-refractivity contribution >= 4 is 54.9 Å². The van der Waals surface area contributed by atoms with Crippen LogP contribution in [0.2, 0.25) is 0 Å². The van der Waals surface area contributed by atoms with Crippen molar-refractivity contribution in [3.8, 4) is 21.4 Å². The van der Waals surface area contributed by atoms with Crippen molar-refractivity contribution in [3.05, 3.63) is 122 Å². The summed E-state index contributed by atoms with van der Waals surface area (Å²) in [5.74, 6) is 0. The maximum Gasteiger partial charge on any atom is 0.143 e. The van der Waals surface area contributed by atoms with Crippen molar-refractivity contribution in [1.82, 2.24) is 19.1 Å². The molecule has 0 aliphatic heterocycles. The molecule has 8 aromatic rings. The van der Waals surface area contributed by atoms with Crippen LogP contribution in [0.3, 0.4) is 0 Å². The van der Waals surface area contributed by atoms with E-state index in [1.54, 1.807) is 11.3 Å². The van der Waals surface area contributed by atoms with Crippen molar-refractivity contribution in [3.63, 3.8) is 0 Å². The third-order valence-corrected chi connectivity index (χ3v) is 8.09. The Morgan fingerprint density at radius 2 is 1.14 bits per heavy atom. The zero-order valence-corrected chi connectivity index (χ0v) is 20.6. The molecule has 5 heteroatoms. The van der Waals surface area contributed by atoms with Gasteiger partial charge in [-0.15, -0.1) is 0 Å². The second-order valence-electron chi connectivity index (χ2n) is 9.12. The number of pyridine rings is 1. The zero-order valence-electron chi connectivity index (χ0n) is 19.7. The molecule has 0 saturated heterocycles. The molecular formula is C32H20N4S. The van der Waals surface area contributed by atoms with Gasteiger partial charge in [0.1, 0.15) is 10.0 Å². The topological polar surface area (TPSA) is 35.6 Å². The second-order valence-corrected chi connectivity index (χ2v) is 10.1. The molecule has 0 N–H and O–H groups in total. The van der Waals surface area contributed by atoms with Gasteiger partial charge >= 0.3 is 0 Å². The summed E-state index contributed by atoms with van der Waals surface area (Å²) in [5.41, 5.74) is 6.81. The molecule has 0 unspecified atom stereocenters. The van der Waals surface area contributed by atoms with E-state index in [9.17, 15) is 0 Å². The van der Waals surface area contributed by atoms with Crippen LogP contribution in [0.5, 0.6) is 0 Å². The summed E-state index contributed by atoms with van der Waals surface area (Å²) in [5, 5.41) is 6.94. The molecule has 0 saturated carbocycles. The van der Waals surface area contributed by atoms with Gasteiger partial charge in [-0.05, 0) is 36.4 Å². The number of para-hydroxylation sites is 3. The third-order valence-electron chi connectivity index (χ3n) is 7.08. The normalized spacial score (nSPS) is 11.8. The smallest absolute Gasteiger partial charge is 0.143 e. The summed E-state index contributed by atoms with van der Waals surface area (Å²) in [6, 6.07) is 38.5. The van der Waals surface area contributed by atoms with E-state index >= 15 is 0 Å². The molecule has 0 amide bonds. The SMILES string of the molecule is c1ccc(-n2c3ccccc3c3ccc4c5ccccc5n(-c5cnc(-c6ccccn6)s5)c4c32)cc1. The predicted octanol–water partition coefficient (Wildman–Crippen LogP) is 8.40. The van der Waals surface area contributed by atoms with Gasteiger partial charge in [0.15, 0.2) is 0 Å². The molecule has 4 aromatic heterocycles. The number of nitrogens with zero attached hydrogens (tertiary/aromatic N) is 4. The van der Waals surface area contributed by atoms with Gasteiger partial charge in [0.2, 0.25) is 0 Å². The van der Waals surface area contributed by atoms with Gasteiger partial charge < -0.3 is 4.57 Å². The number of hydrogen-bond acceptors (Lipinski definition) is 3. The lowest BCUT2D eigenvalue weighted by atomic mass is 10.1. The Kier molecular flexibility index (Phi) is 4.36. The minimum Gasteiger partial charge on any atom is -0.307 e. The fourth-order valence-electron chi connectivity index (χ4n) is 5.55. The largest absolute Gasteiger partial charge is 0.307 e. The van der Waals surface area contributed by atoms with Crippen LogP contribution in [-0.2, 0) is 0 Å². The van der Waals surface area contributed by atoms with Gasteiger partial charge in [0.05, 0.1) is 34.0 Å². The molecule has 0 bridgehead atoms. The molecule has 174 valence electrons. The quantitative estimate of drug-likeness (QED) is 0.248. The Balaban J connectivity index is 1.56. The minimum absolute atomic E-state index is 0.892. The molecule has 37 heavy (non-hydrogen) atoms. The fourth-order valence-corrected chi connectivity index (χ4v) is 6.47. The average Bonchev–Trinajstić information content (AvgIpc) is 3.66. The van der Waals surface area contributed by atoms with Crippen molar-refractivity contribution < 1.29 is 0 Å².